The molecule has 5 nitrogen and oxygen atoms in total. The molecule has 0 heterocycles. The van der Waals surface area contributed by atoms with Crippen molar-refractivity contribution in [1.29, 1.82) is 0 Å². The zero-order chi connectivity index (χ0) is 18.1. The number of para-hydroxylation sites is 1. The van der Waals surface area contributed by atoms with E-state index in [1.54, 1.807) is 21.3 Å². The second kappa shape index (κ2) is 11.9. The molecule has 2 rings (SSSR count). The van der Waals surface area contributed by atoms with Gasteiger partial charge in [-0.1, -0.05) is 35.9 Å². The first-order chi connectivity index (χ1) is 12.2. The lowest BCUT2D eigenvalue weighted by Gasteiger charge is -2.15. The van der Waals surface area contributed by atoms with Crippen molar-refractivity contribution in [2.75, 3.05) is 27.8 Å². The maximum atomic E-state index is 5.90. The molecule has 2 N–H and O–H groups in total. The Morgan fingerprint density at radius 2 is 1.77 bits per heavy atom. The quantitative estimate of drug-likeness (QED) is 0.352. The topological polar surface area (TPSA) is 54.9 Å². The normalized spacial score (nSPS) is 10.7. The minimum atomic E-state index is 0. The molecule has 2 aromatic rings. The van der Waals surface area contributed by atoms with Crippen molar-refractivity contribution in [2.45, 2.75) is 13.0 Å². The molecule has 7 heteroatoms. The van der Waals surface area contributed by atoms with Crippen LogP contribution in [0.15, 0.2) is 47.5 Å². The number of ether oxygens (including phenoxy) is 2. The number of benzene rings is 2. The molecule has 26 heavy (non-hydrogen) atoms. The van der Waals surface area contributed by atoms with Crippen LogP contribution in [0.4, 0.5) is 0 Å². The molecule has 0 fully saturated rings. The van der Waals surface area contributed by atoms with Gasteiger partial charge in [-0.25, -0.2) is 0 Å². The Hall–Kier alpha value is -1.67. The van der Waals surface area contributed by atoms with Gasteiger partial charge in [0.15, 0.2) is 17.5 Å². The average Bonchev–Trinajstić information content (AvgIpc) is 2.65. The molecule has 0 unspecified atom stereocenters. The summed E-state index contributed by atoms with van der Waals surface area (Å²) in [5.41, 5.74) is 2.23. The Labute approximate surface area is 177 Å². The summed E-state index contributed by atoms with van der Waals surface area (Å²) in [5.74, 6) is 2.18. The fraction of sp³-hybridized carbons (Fsp3) is 0.316. The molecule has 0 aliphatic carbocycles. The van der Waals surface area contributed by atoms with E-state index in [1.807, 2.05) is 42.5 Å². The Morgan fingerprint density at radius 3 is 2.38 bits per heavy atom. The van der Waals surface area contributed by atoms with Gasteiger partial charge >= 0.3 is 0 Å². The first-order valence-corrected chi connectivity index (χ1v) is 8.44. The van der Waals surface area contributed by atoms with E-state index in [1.165, 1.54) is 5.56 Å². The van der Waals surface area contributed by atoms with Crippen molar-refractivity contribution in [1.82, 2.24) is 10.6 Å². The molecule has 0 bridgehead atoms. The second-order valence-electron chi connectivity index (χ2n) is 5.38. The molecule has 0 aliphatic heterocycles. The molecule has 0 aliphatic rings. The maximum Gasteiger partial charge on any atom is 0.191 e. The van der Waals surface area contributed by atoms with E-state index in [9.17, 15) is 0 Å². The molecule has 0 spiro atoms. The fourth-order valence-corrected chi connectivity index (χ4v) is 2.59. The number of hydrogen-bond acceptors (Lipinski definition) is 3. The van der Waals surface area contributed by atoms with E-state index in [2.05, 4.69) is 15.6 Å². The van der Waals surface area contributed by atoms with Crippen molar-refractivity contribution in [3.63, 3.8) is 0 Å². The van der Waals surface area contributed by atoms with E-state index in [0.29, 0.717) is 12.3 Å². The van der Waals surface area contributed by atoms with Crippen molar-refractivity contribution >= 4 is 41.5 Å². The predicted molar refractivity (Wildman–Crippen MR) is 118 cm³/mol. The third-order valence-electron chi connectivity index (χ3n) is 3.77. The van der Waals surface area contributed by atoms with Gasteiger partial charge in [-0.3, -0.25) is 4.99 Å². The molecule has 0 radical (unpaired) electrons. The monoisotopic (exact) mass is 489 g/mol. The largest absolute Gasteiger partial charge is 0.493 e. The molecule has 0 amide bonds. The first kappa shape index (κ1) is 22.4. The van der Waals surface area contributed by atoms with Crippen LogP contribution in [-0.2, 0) is 13.0 Å². The Kier molecular flexibility index (Phi) is 10.2. The average molecular weight is 490 g/mol. The van der Waals surface area contributed by atoms with Crippen LogP contribution in [0.1, 0.15) is 11.1 Å². The van der Waals surface area contributed by atoms with E-state index in [0.717, 1.165) is 35.3 Å². The van der Waals surface area contributed by atoms with Gasteiger partial charge in [-0.2, -0.15) is 0 Å². The molecule has 0 saturated carbocycles. The van der Waals surface area contributed by atoms with Crippen LogP contribution in [-0.4, -0.2) is 33.8 Å². The van der Waals surface area contributed by atoms with E-state index >= 15 is 0 Å². The van der Waals surface area contributed by atoms with E-state index in [-0.39, 0.29) is 24.0 Å². The van der Waals surface area contributed by atoms with Crippen LogP contribution in [0.25, 0.3) is 0 Å². The van der Waals surface area contributed by atoms with Gasteiger partial charge in [0, 0.05) is 30.7 Å². The van der Waals surface area contributed by atoms with Gasteiger partial charge < -0.3 is 20.1 Å². The molecule has 0 atom stereocenters. The van der Waals surface area contributed by atoms with Gasteiger partial charge in [0.1, 0.15) is 0 Å². The molecule has 0 aromatic heterocycles. The lowest BCUT2D eigenvalue weighted by atomic mass is 10.1. The fourth-order valence-electron chi connectivity index (χ4n) is 2.47. The molecule has 142 valence electrons. The Morgan fingerprint density at radius 1 is 1.04 bits per heavy atom. The van der Waals surface area contributed by atoms with Crippen LogP contribution < -0.4 is 20.1 Å². The summed E-state index contributed by atoms with van der Waals surface area (Å²) in [6.45, 7) is 1.36. The van der Waals surface area contributed by atoms with Crippen LogP contribution in [0.2, 0.25) is 5.02 Å². The number of rotatable bonds is 7. The summed E-state index contributed by atoms with van der Waals surface area (Å²) in [7, 11) is 5.02. The van der Waals surface area contributed by atoms with Crippen LogP contribution in [0.5, 0.6) is 11.5 Å². The number of nitrogens with one attached hydrogen (secondary N) is 2. The van der Waals surface area contributed by atoms with E-state index in [4.69, 9.17) is 21.1 Å². The molecule has 0 saturated heterocycles. The number of nitrogens with zero attached hydrogens (tertiary/aromatic N) is 1. The molecular formula is C19H25ClIN3O2. The molecule has 2 aromatic carbocycles. The number of methoxy groups -OCH3 is 2. The van der Waals surface area contributed by atoms with E-state index < -0.39 is 0 Å². The number of guanidine groups is 1. The lowest BCUT2D eigenvalue weighted by Crippen LogP contribution is -2.37. The van der Waals surface area contributed by atoms with Crippen LogP contribution in [0.3, 0.4) is 0 Å². The summed E-state index contributed by atoms with van der Waals surface area (Å²) < 4.78 is 10.8. The summed E-state index contributed by atoms with van der Waals surface area (Å²) in [6, 6.07) is 13.7. The van der Waals surface area contributed by atoms with Crippen LogP contribution in [0, 0.1) is 0 Å². The first-order valence-electron chi connectivity index (χ1n) is 8.06. The van der Waals surface area contributed by atoms with Gasteiger partial charge in [-0.05, 0) is 30.2 Å². The highest BCUT2D eigenvalue weighted by atomic mass is 127. The third kappa shape index (κ3) is 6.57. The van der Waals surface area contributed by atoms with Gasteiger partial charge in [0.25, 0.3) is 0 Å². The minimum absolute atomic E-state index is 0. The standard InChI is InChI=1S/C19H24ClN3O2.HI/c1-21-19(22-12-11-14-7-9-16(20)10-8-14)23-13-15-5-4-6-17(24-2)18(15)25-3;/h4-10H,11-13H2,1-3H3,(H2,21,22,23);1H. The Balaban J connectivity index is 0.00000338. The smallest absolute Gasteiger partial charge is 0.191 e. The highest BCUT2D eigenvalue weighted by Crippen LogP contribution is 2.30. The molecular weight excluding hydrogens is 465 g/mol. The zero-order valence-corrected chi connectivity index (χ0v) is 18.3. The second-order valence-corrected chi connectivity index (χ2v) is 5.82. The predicted octanol–water partition coefficient (Wildman–Crippen LogP) is 3.88. The maximum absolute atomic E-state index is 5.90. The highest BCUT2D eigenvalue weighted by Gasteiger charge is 2.09. The zero-order valence-electron chi connectivity index (χ0n) is 15.2. The van der Waals surface area contributed by atoms with Crippen molar-refractivity contribution in [2.24, 2.45) is 4.99 Å². The van der Waals surface area contributed by atoms with Crippen molar-refractivity contribution in [3.8, 4) is 11.5 Å². The Bertz CT molecular complexity index is 708. The van der Waals surface area contributed by atoms with Crippen molar-refractivity contribution < 1.29 is 9.47 Å². The SMILES string of the molecule is CN=C(NCCc1ccc(Cl)cc1)NCc1cccc(OC)c1OC.I. The third-order valence-corrected chi connectivity index (χ3v) is 4.03. The van der Waals surface area contributed by atoms with Gasteiger partial charge in [0.05, 0.1) is 14.2 Å². The van der Waals surface area contributed by atoms with Crippen molar-refractivity contribution in [3.05, 3.63) is 58.6 Å². The minimum Gasteiger partial charge on any atom is -0.493 e. The number of aliphatic imine (C=N–C) groups is 1. The summed E-state index contributed by atoms with van der Waals surface area (Å²) in [6.07, 6.45) is 0.889. The lowest BCUT2D eigenvalue weighted by molar-refractivity contribution is 0.351. The number of halogens is 2. The summed E-state index contributed by atoms with van der Waals surface area (Å²) >= 11 is 5.90. The van der Waals surface area contributed by atoms with Gasteiger partial charge in [-0.15, -0.1) is 24.0 Å². The number of hydrogen-bond donors (Lipinski definition) is 2. The summed E-state index contributed by atoms with van der Waals surface area (Å²) in [5, 5.41) is 7.34. The summed E-state index contributed by atoms with van der Waals surface area (Å²) in [4.78, 5) is 4.25. The highest BCUT2D eigenvalue weighted by molar-refractivity contribution is 14.0. The van der Waals surface area contributed by atoms with Crippen LogP contribution >= 0.6 is 35.6 Å². The van der Waals surface area contributed by atoms with Gasteiger partial charge in [0.2, 0.25) is 0 Å².